The molecule has 3 heterocycles. The fourth-order valence-electron chi connectivity index (χ4n) is 3.36. The fourth-order valence-corrected chi connectivity index (χ4v) is 3.61. The van der Waals surface area contributed by atoms with Gasteiger partial charge in [0.05, 0.1) is 35.1 Å². The van der Waals surface area contributed by atoms with Crippen LogP contribution in [0.15, 0.2) is 61.2 Å². The summed E-state index contributed by atoms with van der Waals surface area (Å²) >= 11 is 5.98. The Morgan fingerprint density at radius 3 is 2.73 bits per heavy atom. The summed E-state index contributed by atoms with van der Waals surface area (Å²) in [5.41, 5.74) is 2.31. The standard InChI is InChI=1S/C23H19ClFN7O/c1-15(28-23(33)12-17-4-9-32(29-17)18-2-6-27-7-3-18)14-31-8-5-22(30-31)16-10-20(24)19(13-26)21(25)11-16/h2-11,15H,12,14H2,1H3,(H,28,33)/t15-/m0/s1. The topological polar surface area (TPSA) is 101 Å². The summed E-state index contributed by atoms with van der Waals surface area (Å²) in [5, 5.41) is 20.8. The lowest BCUT2D eigenvalue weighted by Crippen LogP contribution is -2.36. The molecular formula is C23H19ClFN7O. The van der Waals surface area contributed by atoms with Crippen LogP contribution >= 0.6 is 11.6 Å². The highest BCUT2D eigenvalue weighted by Crippen LogP contribution is 2.26. The summed E-state index contributed by atoms with van der Waals surface area (Å²) < 4.78 is 17.4. The van der Waals surface area contributed by atoms with Crippen LogP contribution in [0.1, 0.15) is 18.2 Å². The van der Waals surface area contributed by atoms with E-state index in [1.54, 1.807) is 52.4 Å². The molecule has 4 rings (SSSR count). The van der Waals surface area contributed by atoms with Gasteiger partial charge in [0.1, 0.15) is 17.4 Å². The Hall–Kier alpha value is -4.03. The Morgan fingerprint density at radius 2 is 2.00 bits per heavy atom. The Morgan fingerprint density at radius 1 is 1.21 bits per heavy atom. The summed E-state index contributed by atoms with van der Waals surface area (Å²) in [6.07, 6.45) is 7.04. The van der Waals surface area contributed by atoms with E-state index in [0.717, 1.165) is 5.69 Å². The minimum Gasteiger partial charge on any atom is -0.351 e. The predicted molar refractivity (Wildman–Crippen MR) is 120 cm³/mol. The summed E-state index contributed by atoms with van der Waals surface area (Å²) in [4.78, 5) is 16.4. The third-order valence-electron chi connectivity index (χ3n) is 4.87. The van der Waals surface area contributed by atoms with Crippen molar-refractivity contribution in [3.8, 4) is 23.0 Å². The van der Waals surface area contributed by atoms with Crippen LogP contribution in [-0.4, -0.2) is 36.5 Å². The van der Waals surface area contributed by atoms with Crippen LogP contribution < -0.4 is 5.32 Å². The van der Waals surface area contributed by atoms with Gasteiger partial charge < -0.3 is 5.32 Å². The molecule has 0 unspecified atom stereocenters. The van der Waals surface area contributed by atoms with E-state index in [9.17, 15) is 9.18 Å². The molecular weight excluding hydrogens is 445 g/mol. The van der Waals surface area contributed by atoms with Crippen molar-refractivity contribution in [2.75, 3.05) is 0 Å². The van der Waals surface area contributed by atoms with Crippen molar-refractivity contribution in [2.24, 2.45) is 0 Å². The highest BCUT2D eigenvalue weighted by atomic mass is 35.5. The zero-order valence-corrected chi connectivity index (χ0v) is 18.4. The number of halogens is 2. The molecule has 33 heavy (non-hydrogen) atoms. The van der Waals surface area contributed by atoms with Gasteiger partial charge >= 0.3 is 0 Å². The van der Waals surface area contributed by atoms with Crippen molar-refractivity contribution < 1.29 is 9.18 Å². The lowest BCUT2D eigenvalue weighted by atomic mass is 10.1. The van der Waals surface area contributed by atoms with Crippen LogP contribution in [0.5, 0.6) is 0 Å². The van der Waals surface area contributed by atoms with E-state index in [1.165, 1.54) is 12.1 Å². The van der Waals surface area contributed by atoms with Crippen molar-refractivity contribution in [1.29, 1.82) is 5.26 Å². The minimum atomic E-state index is -0.693. The number of pyridine rings is 1. The molecule has 1 amide bonds. The number of nitrogens with zero attached hydrogens (tertiary/aromatic N) is 6. The molecule has 0 bridgehead atoms. The first-order valence-corrected chi connectivity index (χ1v) is 10.5. The van der Waals surface area contributed by atoms with Gasteiger partial charge in [-0.3, -0.25) is 14.5 Å². The second-order valence-electron chi connectivity index (χ2n) is 7.45. The predicted octanol–water partition coefficient (Wildman–Crippen LogP) is 3.54. The molecule has 1 N–H and O–H groups in total. The Kier molecular flexibility index (Phi) is 6.47. The lowest BCUT2D eigenvalue weighted by Gasteiger charge is -2.13. The van der Waals surface area contributed by atoms with Gasteiger partial charge in [0.2, 0.25) is 5.91 Å². The van der Waals surface area contributed by atoms with E-state index in [0.29, 0.717) is 23.5 Å². The number of carbonyl (C=O) groups excluding carboxylic acids is 1. The van der Waals surface area contributed by atoms with Crippen molar-refractivity contribution in [1.82, 2.24) is 29.9 Å². The van der Waals surface area contributed by atoms with E-state index in [4.69, 9.17) is 16.9 Å². The van der Waals surface area contributed by atoms with Gasteiger partial charge in [-0.25, -0.2) is 9.07 Å². The number of amides is 1. The number of benzene rings is 1. The Bertz CT molecular complexity index is 1300. The smallest absolute Gasteiger partial charge is 0.226 e. The summed E-state index contributed by atoms with van der Waals surface area (Å²) in [7, 11) is 0. The molecule has 0 aliphatic heterocycles. The van der Waals surface area contributed by atoms with E-state index >= 15 is 0 Å². The molecule has 10 heteroatoms. The van der Waals surface area contributed by atoms with Crippen LogP contribution in [0.3, 0.4) is 0 Å². The lowest BCUT2D eigenvalue weighted by molar-refractivity contribution is -0.121. The largest absolute Gasteiger partial charge is 0.351 e. The molecule has 0 fully saturated rings. The molecule has 0 aliphatic carbocycles. The fraction of sp³-hybridized carbons (Fsp3) is 0.174. The van der Waals surface area contributed by atoms with Crippen molar-refractivity contribution in [2.45, 2.75) is 25.9 Å². The molecule has 8 nitrogen and oxygen atoms in total. The second kappa shape index (κ2) is 9.63. The van der Waals surface area contributed by atoms with E-state index in [1.807, 2.05) is 19.1 Å². The molecule has 0 saturated carbocycles. The third-order valence-corrected chi connectivity index (χ3v) is 5.17. The number of rotatable bonds is 7. The average Bonchev–Trinajstić information content (AvgIpc) is 3.44. The molecule has 0 aliphatic rings. The van der Waals surface area contributed by atoms with E-state index < -0.39 is 5.82 Å². The third kappa shape index (κ3) is 5.25. The highest BCUT2D eigenvalue weighted by Gasteiger charge is 2.14. The number of hydrogen-bond donors (Lipinski definition) is 1. The van der Waals surface area contributed by atoms with Gasteiger partial charge in [0.25, 0.3) is 0 Å². The van der Waals surface area contributed by atoms with Crippen molar-refractivity contribution in [3.63, 3.8) is 0 Å². The zero-order chi connectivity index (χ0) is 23.4. The molecule has 4 aromatic rings. The molecule has 1 atom stereocenters. The van der Waals surface area contributed by atoms with Crippen molar-refractivity contribution in [3.05, 3.63) is 83.3 Å². The van der Waals surface area contributed by atoms with Gasteiger partial charge in [-0.05, 0) is 43.3 Å². The first kappa shape index (κ1) is 22.2. The zero-order valence-electron chi connectivity index (χ0n) is 17.6. The van der Waals surface area contributed by atoms with Crippen LogP contribution in [0.2, 0.25) is 5.02 Å². The molecule has 0 radical (unpaired) electrons. The molecule has 0 spiro atoms. The first-order chi connectivity index (χ1) is 15.9. The monoisotopic (exact) mass is 463 g/mol. The number of hydrogen-bond acceptors (Lipinski definition) is 5. The molecule has 1 aromatic carbocycles. The van der Waals surface area contributed by atoms with Crippen LogP contribution in [0.4, 0.5) is 4.39 Å². The van der Waals surface area contributed by atoms with Gasteiger partial charge in [0.15, 0.2) is 0 Å². The SMILES string of the molecule is C[C@@H](Cn1ccc(-c2cc(F)c(C#N)c(Cl)c2)n1)NC(=O)Cc1ccn(-c2ccncc2)n1. The summed E-state index contributed by atoms with van der Waals surface area (Å²) in [6.45, 7) is 2.29. The van der Waals surface area contributed by atoms with Gasteiger partial charge in [-0.15, -0.1) is 0 Å². The van der Waals surface area contributed by atoms with Gasteiger partial charge in [-0.1, -0.05) is 11.6 Å². The van der Waals surface area contributed by atoms with E-state index in [2.05, 4.69) is 20.5 Å². The molecule has 0 saturated heterocycles. The number of aromatic nitrogens is 5. The second-order valence-corrected chi connectivity index (χ2v) is 7.86. The average molecular weight is 464 g/mol. The number of nitrogens with one attached hydrogen (secondary N) is 1. The normalized spacial score (nSPS) is 11.7. The Labute approximate surface area is 194 Å². The summed E-state index contributed by atoms with van der Waals surface area (Å²) in [6, 6.07) is 11.5. The van der Waals surface area contributed by atoms with Crippen molar-refractivity contribution >= 4 is 17.5 Å². The maximum absolute atomic E-state index is 14.0. The van der Waals surface area contributed by atoms with Crippen LogP contribution in [-0.2, 0) is 17.8 Å². The number of carbonyl (C=O) groups is 1. The number of nitriles is 1. The van der Waals surface area contributed by atoms with Crippen LogP contribution in [0.25, 0.3) is 16.9 Å². The summed E-state index contributed by atoms with van der Waals surface area (Å²) in [5.74, 6) is -0.850. The van der Waals surface area contributed by atoms with E-state index in [-0.39, 0.29) is 29.0 Å². The van der Waals surface area contributed by atoms with Crippen LogP contribution in [0, 0.1) is 17.1 Å². The molecule has 3 aromatic heterocycles. The Balaban J connectivity index is 1.35. The first-order valence-electron chi connectivity index (χ1n) is 10.1. The van der Waals surface area contributed by atoms with Gasteiger partial charge in [-0.2, -0.15) is 15.5 Å². The highest BCUT2D eigenvalue weighted by molar-refractivity contribution is 6.32. The van der Waals surface area contributed by atoms with Gasteiger partial charge in [0, 0.05) is 36.4 Å². The molecule has 166 valence electrons. The quantitative estimate of drug-likeness (QED) is 0.451. The maximum atomic E-state index is 14.0. The maximum Gasteiger partial charge on any atom is 0.226 e. The minimum absolute atomic E-state index is 0.0362.